The normalized spacial score (nSPS) is 21.1. The fourth-order valence-corrected chi connectivity index (χ4v) is 5.32. The Morgan fingerprint density at radius 1 is 1.25 bits per heavy atom. The Labute approximate surface area is 173 Å². The Morgan fingerprint density at radius 3 is 2.61 bits per heavy atom. The maximum Gasteiger partial charge on any atom is 0.219 e. The van der Waals surface area contributed by atoms with Crippen LogP contribution in [0, 0.1) is 0 Å². The average molecular weight is 400 g/mol. The molecule has 0 bridgehead atoms. The number of hydrogen-bond donors (Lipinski definition) is 0. The molecule has 2 atom stereocenters. The van der Waals surface area contributed by atoms with E-state index in [0.29, 0.717) is 0 Å². The fraction of sp³-hybridized carbons (Fsp3) is 0.542. The molecule has 1 aliphatic heterocycles. The van der Waals surface area contributed by atoms with Gasteiger partial charge in [0.1, 0.15) is 0 Å². The van der Waals surface area contributed by atoms with E-state index in [1.54, 1.807) is 6.92 Å². The molecule has 1 fully saturated rings. The molecule has 3 nitrogen and oxygen atoms in total. The number of ether oxygens (including phenoxy) is 1. The van der Waals surface area contributed by atoms with Crippen molar-refractivity contribution in [3.05, 3.63) is 58.3 Å². The molecule has 1 aliphatic rings. The van der Waals surface area contributed by atoms with Gasteiger partial charge in [0.2, 0.25) is 5.91 Å². The van der Waals surface area contributed by atoms with Gasteiger partial charge in [-0.2, -0.15) is 0 Å². The van der Waals surface area contributed by atoms with E-state index in [4.69, 9.17) is 4.74 Å². The Kier molecular flexibility index (Phi) is 6.61. The Bertz CT molecular complexity index is 756. The second-order valence-electron chi connectivity index (χ2n) is 8.92. The second kappa shape index (κ2) is 8.79. The van der Waals surface area contributed by atoms with Crippen LogP contribution in [0.25, 0.3) is 0 Å². The Hall–Kier alpha value is -1.65. The van der Waals surface area contributed by atoms with Crippen molar-refractivity contribution >= 4 is 17.2 Å². The molecule has 0 unspecified atom stereocenters. The molecular formula is C24H33NO2S. The van der Waals surface area contributed by atoms with Gasteiger partial charge in [0, 0.05) is 36.4 Å². The summed E-state index contributed by atoms with van der Waals surface area (Å²) in [4.78, 5) is 16.0. The van der Waals surface area contributed by atoms with E-state index in [9.17, 15) is 4.79 Å². The summed E-state index contributed by atoms with van der Waals surface area (Å²) in [6, 6.07) is 15.3. The first-order chi connectivity index (χ1) is 13.3. The third kappa shape index (κ3) is 5.24. The summed E-state index contributed by atoms with van der Waals surface area (Å²) in [5.41, 5.74) is 1.21. The first-order valence-electron chi connectivity index (χ1n) is 10.3. The molecule has 0 saturated carbocycles. The van der Waals surface area contributed by atoms with Crippen molar-refractivity contribution in [2.75, 3.05) is 13.2 Å². The first-order valence-corrected chi connectivity index (χ1v) is 11.2. The van der Waals surface area contributed by atoms with E-state index in [0.717, 1.165) is 38.8 Å². The van der Waals surface area contributed by atoms with E-state index in [-0.39, 0.29) is 23.0 Å². The number of nitrogens with zero attached hydrogens (tertiary/aromatic N) is 1. The van der Waals surface area contributed by atoms with Crippen LogP contribution >= 0.6 is 11.3 Å². The predicted octanol–water partition coefficient (Wildman–Crippen LogP) is 5.44. The van der Waals surface area contributed by atoms with Gasteiger partial charge < -0.3 is 9.64 Å². The summed E-state index contributed by atoms with van der Waals surface area (Å²) in [6.45, 7) is 9.83. The number of hydrogen-bond acceptors (Lipinski definition) is 3. The van der Waals surface area contributed by atoms with Crippen LogP contribution in [-0.4, -0.2) is 35.6 Å². The summed E-state index contributed by atoms with van der Waals surface area (Å²) >= 11 is 1.82. The van der Waals surface area contributed by atoms with Crippen LogP contribution in [0.5, 0.6) is 0 Å². The molecule has 1 amide bonds. The van der Waals surface area contributed by atoms with Crippen LogP contribution in [0.15, 0.2) is 47.8 Å². The van der Waals surface area contributed by atoms with Crippen molar-refractivity contribution < 1.29 is 9.53 Å². The zero-order valence-corrected chi connectivity index (χ0v) is 18.4. The molecule has 1 aromatic carbocycles. The minimum Gasteiger partial charge on any atom is -0.375 e. The van der Waals surface area contributed by atoms with Gasteiger partial charge in [-0.3, -0.25) is 4.79 Å². The van der Waals surface area contributed by atoms with Gasteiger partial charge >= 0.3 is 0 Å². The summed E-state index contributed by atoms with van der Waals surface area (Å²) < 4.78 is 5.87. The largest absolute Gasteiger partial charge is 0.375 e. The van der Waals surface area contributed by atoms with Crippen LogP contribution in [0.1, 0.15) is 57.4 Å². The van der Waals surface area contributed by atoms with Crippen molar-refractivity contribution in [3.8, 4) is 0 Å². The van der Waals surface area contributed by atoms with Gasteiger partial charge in [-0.25, -0.2) is 0 Å². The maximum atomic E-state index is 12.5. The molecule has 0 N–H and O–H groups in total. The summed E-state index contributed by atoms with van der Waals surface area (Å²) in [5, 5.41) is 2.16. The number of carbonyl (C=O) groups excluding carboxylic acids is 1. The monoisotopic (exact) mass is 399 g/mol. The molecule has 1 saturated heterocycles. The molecule has 1 aromatic heterocycles. The molecule has 2 heterocycles. The van der Waals surface area contributed by atoms with Crippen LogP contribution in [0.4, 0.5) is 0 Å². The van der Waals surface area contributed by atoms with Gasteiger partial charge in [0.15, 0.2) is 0 Å². The molecule has 0 spiro atoms. The molecule has 4 heteroatoms. The molecule has 0 radical (unpaired) electrons. The molecule has 0 aliphatic carbocycles. The lowest BCUT2D eigenvalue weighted by atomic mass is 9.78. The third-order valence-corrected chi connectivity index (χ3v) is 7.15. The van der Waals surface area contributed by atoms with E-state index in [1.165, 1.54) is 10.4 Å². The number of rotatable bonds is 7. The molecule has 28 heavy (non-hydrogen) atoms. The minimum atomic E-state index is -0.155. The fourth-order valence-electron chi connectivity index (χ4n) is 4.40. The van der Waals surface area contributed by atoms with Gasteiger partial charge in [-0.15, -0.1) is 11.3 Å². The smallest absolute Gasteiger partial charge is 0.219 e. The van der Waals surface area contributed by atoms with Crippen LogP contribution in [0.3, 0.4) is 0 Å². The average Bonchev–Trinajstić information content (AvgIpc) is 3.17. The lowest BCUT2D eigenvalue weighted by molar-refractivity contribution is -0.138. The molecular weight excluding hydrogens is 366 g/mol. The molecule has 3 rings (SSSR count). The SMILES string of the molecule is CC(=O)N(CC[C@](C)(Cc1ccccc1)c1cccs1)[C@@H]1CCOC(C)(C)C1. The number of thiophene rings is 1. The third-order valence-electron chi connectivity index (χ3n) is 5.97. The Balaban J connectivity index is 1.77. The highest BCUT2D eigenvalue weighted by molar-refractivity contribution is 7.10. The quantitative estimate of drug-likeness (QED) is 0.620. The summed E-state index contributed by atoms with van der Waals surface area (Å²) in [6.07, 6.45) is 3.78. The maximum absolute atomic E-state index is 12.5. The highest BCUT2D eigenvalue weighted by Crippen LogP contribution is 2.36. The first kappa shape index (κ1) is 21.1. The lowest BCUT2D eigenvalue weighted by Gasteiger charge is -2.42. The van der Waals surface area contributed by atoms with Crippen molar-refractivity contribution in [2.45, 2.75) is 70.4 Å². The van der Waals surface area contributed by atoms with Crippen molar-refractivity contribution in [3.63, 3.8) is 0 Å². The minimum absolute atomic E-state index is 0.0178. The van der Waals surface area contributed by atoms with Gasteiger partial charge in [-0.1, -0.05) is 43.3 Å². The lowest BCUT2D eigenvalue weighted by Crippen LogP contribution is -2.49. The van der Waals surface area contributed by atoms with Crippen molar-refractivity contribution in [1.82, 2.24) is 4.90 Å². The topological polar surface area (TPSA) is 29.5 Å². The van der Waals surface area contributed by atoms with E-state index >= 15 is 0 Å². The Morgan fingerprint density at radius 2 is 2.00 bits per heavy atom. The number of carbonyl (C=O) groups is 1. The summed E-state index contributed by atoms with van der Waals surface area (Å²) in [5.74, 6) is 0.177. The van der Waals surface area contributed by atoms with Gasteiger partial charge in [0.25, 0.3) is 0 Å². The highest BCUT2D eigenvalue weighted by Gasteiger charge is 2.35. The van der Waals surface area contributed by atoms with Crippen LogP contribution < -0.4 is 0 Å². The standard InChI is InChI=1S/C24H33NO2S/c1-19(26)25(21-12-15-27-23(2,3)18-21)14-13-24(4,22-11-8-16-28-22)17-20-9-6-5-7-10-20/h5-11,16,21H,12-15,17-18H2,1-4H3/t21-,24-/m1/s1. The van der Waals surface area contributed by atoms with Crippen LogP contribution in [0.2, 0.25) is 0 Å². The van der Waals surface area contributed by atoms with E-state index < -0.39 is 0 Å². The molecule has 152 valence electrons. The zero-order valence-electron chi connectivity index (χ0n) is 17.6. The van der Waals surface area contributed by atoms with Gasteiger partial charge in [-0.05, 0) is 56.5 Å². The second-order valence-corrected chi connectivity index (χ2v) is 9.87. The predicted molar refractivity (Wildman–Crippen MR) is 117 cm³/mol. The number of amides is 1. The van der Waals surface area contributed by atoms with E-state index in [1.807, 2.05) is 11.3 Å². The highest BCUT2D eigenvalue weighted by atomic mass is 32.1. The molecule has 2 aromatic rings. The van der Waals surface area contributed by atoms with Gasteiger partial charge in [0.05, 0.1) is 5.60 Å². The number of benzene rings is 1. The van der Waals surface area contributed by atoms with E-state index in [2.05, 4.69) is 73.5 Å². The van der Waals surface area contributed by atoms with Crippen molar-refractivity contribution in [1.29, 1.82) is 0 Å². The zero-order chi connectivity index (χ0) is 20.2. The summed E-state index contributed by atoms with van der Waals surface area (Å²) in [7, 11) is 0. The van der Waals surface area contributed by atoms with Crippen molar-refractivity contribution in [2.24, 2.45) is 0 Å². The van der Waals surface area contributed by atoms with Crippen LogP contribution in [-0.2, 0) is 21.4 Å².